The van der Waals surface area contributed by atoms with Crippen molar-refractivity contribution in [1.82, 2.24) is 20.5 Å². The Morgan fingerprint density at radius 1 is 1.16 bits per heavy atom. The zero-order valence-corrected chi connectivity index (χ0v) is 24.3. The van der Waals surface area contributed by atoms with Crippen LogP contribution in [0, 0.1) is 11.8 Å². The molecule has 1 aromatic heterocycles. The Bertz CT molecular complexity index is 1080. The molecule has 2 aromatic rings. The van der Waals surface area contributed by atoms with Gasteiger partial charge in [0.15, 0.2) is 5.78 Å². The van der Waals surface area contributed by atoms with Gasteiger partial charge in [-0.2, -0.15) is 0 Å². The molecule has 204 valence electrons. The van der Waals surface area contributed by atoms with E-state index in [9.17, 15) is 14.4 Å². The smallest absolute Gasteiger partial charge is 0.224 e. The molecule has 0 spiro atoms. The Morgan fingerprint density at radius 3 is 2.51 bits per heavy atom. The van der Waals surface area contributed by atoms with Gasteiger partial charge >= 0.3 is 0 Å². The molecule has 0 saturated carbocycles. The number of carbonyl (C=O) groups excluding carboxylic acids is 3. The molecule has 7 nitrogen and oxygen atoms in total. The van der Waals surface area contributed by atoms with Gasteiger partial charge in [0.2, 0.25) is 11.8 Å². The molecule has 37 heavy (non-hydrogen) atoms. The first-order valence-corrected chi connectivity index (χ1v) is 14.1. The Kier molecular flexibility index (Phi) is 12.4. The number of nitrogens with zero attached hydrogens (tertiary/aromatic N) is 2. The molecule has 0 aliphatic carbocycles. The number of ketones is 1. The lowest BCUT2D eigenvalue weighted by molar-refractivity contribution is -0.131. The fourth-order valence-corrected chi connectivity index (χ4v) is 5.19. The molecular weight excluding hydrogens is 484 g/mol. The summed E-state index contributed by atoms with van der Waals surface area (Å²) in [6.45, 7) is 9.20. The highest BCUT2D eigenvalue weighted by molar-refractivity contribution is 7.18. The van der Waals surface area contributed by atoms with Crippen LogP contribution < -0.4 is 10.6 Å². The largest absolute Gasteiger partial charge is 0.359 e. The maximum atomic E-state index is 13.5. The number of likely N-dealkylation sites (N-methyl/N-ethyl adjacent to an activating group) is 1. The first-order valence-electron chi connectivity index (χ1n) is 13.3. The maximum Gasteiger partial charge on any atom is 0.224 e. The molecule has 0 radical (unpaired) electrons. The van der Waals surface area contributed by atoms with Crippen LogP contribution in [0.3, 0.4) is 0 Å². The minimum Gasteiger partial charge on any atom is -0.359 e. The second-order valence-corrected chi connectivity index (χ2v) is 11.6. The number of thiazole rings is 1. The van der Waals surface area contributed by atoms with E-state index in [1.165, 1.54) is 5.56 Å². The van der Waals surface area contributed by atoms with E-state index in [1.807, 2.05) is 31.1 Å². The highest BCUT2D eigenvalue weighted by Crippen LogP contribution is 2.28. The van der Waals surface area contributed by atoms with E-state index in [-0.39, 0.29) is 36.0 Å². The van der Waals surface area contributed by atoms with Crippen LogP contribution in [0.4, 0.5) is 0 Å². The van der Waals surface area contributed by atoms with Gasteiger partial charge in [0, 0.05) is 38.9 Å². The molecular formula is C29H44N4O3S. The van der Waals surface area contributed by atoms with E-state index in [2.05, 4.69) is 50.5 Å². The molecule has 2 N–H and O–H groups in total. The summed E-state index contributed by atoms with van der Waals surface area (Å²) in [5, 5.41) is 6.67. The Hall–Kier alpha value is -2.58. The fraction of sp³-hybridized carbons (Fsp3) is 0.586. The Balaban J connectivity index is 2.15. The summed E-state index contributed by atoms with van der Waals surface area (Å²) < 4.78 is 1.10. The lowest BCUT2D eigenvalue weighted by atomic mass is 9.92. The average Bonchev–Trinajstić information content (AvgIpc) is 3.26. The van der Waals surface area contributed by atoms with E-state index in [0.717, 1.165) is 21.6 Å². The summed E-state index contributed by atoms with van der Waals surface area (Å²) >= 11 is 1.58. The van der Waals surface area contributed by atoms with Crippen molar-refractivity contribution in [2.45, 2.75) is 71.8 Å². The van der Waals surface area contributed by atoms with Gasteiger partial charge in [-0.1, -0.05) is 46.3 Å². The van der Waals surface area contributed by atoms with Gasteiger partial charge in [-0.25, -0.2) is 4.98 Å². The van der Waals surface area contributed by atoms with E-state index in [0.29, 0.717) is 31.7 Å². The van der Waals surface area contributed by atoms with Gasteiger partial charge < -0.3 is 15.5 Å². The number of rotatable bonds is 15. The third-order valence-corrected chi connectivity index (χ3v) is 7.80. The van der Waals surface area contributed by atoms with E-state index in [1.54, 1.807) is 24.5 Å². The standard InChI is InChI=1S/C29H44N4O3S/c1-8-20(4)24(14-12-23(34)10-9-15-33(6)7)32-29(36)22(17-27(35)30-5)18-28-31-25-13-11-21(19(2)3)16-26(25)37-28/h9-11,13,16,19-20,22,24H,8,12,14-15,17-18H2,1-7H3,(H,30,35)(H,32,36)/b10-9+/t20-,22-,24+/m0/s1. The molecule has 0 saturated heterocycles. The van der Waals surface area contributed by atoms with Crippen LogP contribution in [0.15, 0.2) is 30.4 Å². The average molecular weight is 529 g/mol. The van der Waals surface area contributed by atoms with Crippen LogP contribution in [-0.2, 0) is 20.8 Å². The zero-order chi connectivity index (χ0) is 27.5. The number of allylic oxidation sites excluding steroid dienone is 1. The number of nitrogens with one attached hydrogen (secondary N) is 2. The van der Waals surface area contributed by atoms with Gasteiger partial charge in [-0.3, -0.25) is 14.4 Å². The van der Waals surface area contributed by atoms with E-state index >= 15 is 0 Å². The molecule has 0 aliphatic rings. The van der Waals surface area contributed by atoms with E-state index < -0.39 is 5.92 Å². The molecule has 0 bridgehead atoms. The second-order valence-electron chi connectivity index (χ2n) is 10.4. The molecule has 2 amide bonds. The summed E-state index contributed by atoms with van der Waals surface area (Å²) in [4.78, 5) is 44.8. The second kappa shape index (κ2) is 15.0. The molecule has 3 atom stereocenters. The van der Waals surface area contributed by atoms with Gasteiger partial charge in [0.05, 0.1) is 21.1 Å². The van der Waals surface area contributed by atoms with Crippen molar-refractivity contribution in [3.05, 3.63) is 40.9 Å². The van der Waals surface area contributed by atoms with Crippen molar-refractivity contribution < 1.29 is 14.4 Å². The topological polar surface area (TPSA) is 91.4 Å². The number of benzene rings is 1. The van der Waals surface area contributed by atoms with Crippen molar-refractivity contribution >= 4 is 39.2 Å². The predicted molar refractivity (Wildman–Crippen MR) is 153 cm³/mol. The number of aromatic nitrogens is 1. The van der Waals surface area contributed by atoms with Crippen LogP contribution in [0.1, 0.15) is 69.9 Å². The molecule has 1 aromatic carbocycles. The molecule has 0 unspecified atom stereocenters. The van der Waals surface area contributed by atoms with Gasteiger partial charge in [0.25, 0.3) is 0 Å². The summed E-state index contributed by atoms with van der Waals surface area (Å²) in [6, 6.07) is 6.15. The lowest BCUT2D eigenvalue weighted by Crippen LogP contribution is -2.44. The first kappa shape index (κ1) is 30.6. The van der Waals surface area contributed by atoms with Crippen molar-refractivity contribution in [2.75, 3.05) is 27.7 Å². The number of amides is 2. The zero-order valence-electron chi connectivity index (χ0n) is 23.5. The van der Waals surface area contributed by atoms with Crippen LogP contribution >= 0.6 is 11.3 Å². The van der Waals surface area contributed by atoms with Crippen molar-refractivity contribution in [2.24, 2.45) is 11.8 Å². The number of hydrogen-bond donors (Lipinski definition) is 2. The lowest BCUT2D eigenvalue weighted by Gasteiger charge is -2.26. The van der Waals surface area contributed by atoms with Crippen molar-refractivity contribution in [3.8, 4) is 0 Å². The molecule has 0 fully saturated rings. The van der Waals surface area contributed by atoms with Crippen LogP contribution in [-0.4, -0.2) is 61.2 Å². The first-order chi connectivity index (χ1) is 17.5. The number of hydrogen-bond acceptors (Lipinski definition) is 6. The van der Waals surface area contributed by atoms with Crippen molar-refractivity contribution in [3.63, 3.8) is 0 Å². The third kappa shape index (κ3) is 10.0. The van der Waals surface area contributed by atoms with Crippen LogP contribution in [0.25, 0.3) is 10.2 Å². The quantitative estimate of drug-likeness (QED) is 0.327. The maximum absolute atomic E-state index is 13.5. The molecule has 8 heteroatoms. The monoisotopic (exact) mass is 528 g/mol. The highest BCUT2D eigenvalue weighted by atomic mass is 32.1. The molecule has 2 rings (SSSR count). The highest BCUT2D eigenvalue weighted by Gasteiger charge is 2.27. The number of fused-ring (bicyclic) bond motifs is 1. The fourth-order valence-electron chi connectivity index (χ4n) is 4.09. The molecule has 1 heterocycles. The SMILES string of the molecule is CC[C@H](C)[C@@H](CCC(=O)/C=C/CN(C)C)NC(=O)[C@@H](CC(=O)NC)Cc1nc2ccc(C(C)C)cc2s1. The van der Waals surface area contributed by atoms with Crippen LogP contribution in [0.2, 0.25) is 0 Å². The van der Waals surface area contributed by atoms with Crippen molar-refractivity contribution in [1.29, 1.82) is 0 Å². The Labute approximate surface area is 226 Å². The summed E-state index contributed by atoms with van der Waals surface area (Å²) in [5.41, 5.74) is 2.17. The summed E-state index contributed by atoms with van der Waals surface area (Å²) in [7, 11) is 5.49. The van der Waals surface area contributed by atoms with Crippen LogP contribution in [0.5, 0.6) is 0 Å². The Morgan fingerprint density at radius 2 is 1.89 bits per heavy atom. The third-order valence-electron chi connectivity index (χ3n) is 6.76. The summed E-state index contributed by atoms with van der Waals surface area (Å²) in [5.74, 6) is -0.181. The number of carbonyl (C=O) groups is 3. The van der Waals surface area contributed by atoms with Gasteiger partial charge in [-0.05, 0) is 56.1 Å². The minimum absolute atomic E-state index is 0.0570. The molecule has 0 aliphatic heterocycles. The predicted octanol–water partition coefficient (Wildman–Crippen LogP) is 4.71. The minimum atomic E-state index is -0.535. The summed E-state index contributed by atoms with van der Waals surface area (Å²) in [6.07, 6.45) is 5.80. The van der Waals surface area contributed by atoms with Gasteiger partial charge in [0.1, 0.15) is 0 Å². The normalized spacial score (nSPS) is 14.3. The van der Waals surface area contributed by atoms with E-state index in [4.69, 9.17) is 4.98 Å². The van der Waals surface area contributed by atoms with Gasteiger partial charge in [-0.15, -0.1) is 11.3 Å².